The largest absolute Gasteiger partial charge is 0.338 e. The minimum Gasteiger partial charge on any atom is -0.338 e. The van der Waals surface area contributed by atoms with Gasteiger partial charge in [-0.25, -0.2) is 0 Å². The second-order valence-corrected chi connectivity index (χ2v) is 6.65. The zero-order valence-electron chi connectivity index (χ0n) is 12.0. The average molecular weight is 300 g/mol. The summed E-state index contributed by atoms with van der Waals surface area (Å²) in [6.45, 7) is 8.24. The minimum atomic E-state index is 0.228. The fourth-order valence-corrected chi connectivity index (χ4v) is 3.06. The van der Waals surface area contributed by atoms with Gasteiger partial charge in [-0.15, -0.1) is 11.8 Å². The van der Waals surface area contributed by atoms with E-state index < -0.39 is 0 Å². The van der Waals surface area contributed by atoms with Crippen LogP contribution in [0.25, 0.3) is 0 Å². The summed E-state index contributed by atoms with van der Waals surface area (Å²) in [4.78, 5) is 15.3. The van der Waals surface area contributed by atoms with Crippen molar-refractivity contribution in [3.63, 3.8) is 0 Å². The molecule has 106 valence electrons. The normalized spacial score (nSPS) is 11.1. The molecule has 0 saturated heterocycles. The average Bonchev–Trinajstić information content (AvgIpc) is 2.30. The van der Waals surface area contributed by atoms with Crippen molar-refractivity contribution in [2.45, 2.75) is 51.1 Å². The van der Waals surface area contributed by atoms with E-state index >= 15 is 0 Å². The van der Waals surface area contributed by atoms with E-state index in [0.29, 0.717) is 6.42 Å². The van der Waals surface area contributed by atoms with Crippen LogP contribution in [0.5, 0.6) is 0 Å². The van der Waals surface area contributed by atoms with Gasteiger partial charge in [0.2, 0.25) is 5.91 Å². The Bertz CT molecular complexity index is 395. The van der Waals surface area contributed by atoms with Crippen LogP contribution in [0.4, 0.5) is 0 Å². The second-order valence-electron chi connectivity index (χ2n) is 5.04. The number of halogens is 1. The van der Waals surface area contributed by atoms with Crippen molar-refractivity contribution in [1.29, 1.82) is 0 Å². The van der Waals surface area contributed by atoms with Crippen LogP contribution in [0.15, 0.2) is 29.2 Å². The lowest BCUT2D eigenvalue weighted by Crippen LogP contribution is -2.42. The van der Waals surface area contributed by atoms with Crippen molar-refractivity contribution in [1.82, 2.24) is 4.90 Å². The number of nitrogens with zero attached hydrogens (tertiary/aromatic N) is 1. The van der Waals surface area contributed by atoms with Crippen molar-refractivity contribution in [2.75, 3.05) is 5.75 Å². The molecule has 0 aromatic heterocycles. The maximum absolute atomic E-state index is 12.2. The lowest BCUT2D eigenvalue weighted by molar-refractivity contribution is -0.134. The maximum Gasteiger partial charge on any atom is 0.223 e. The fraction of sp³-hybridized carbons (Fsp3) is 0.533. The van der Waals surface area contributed by atoms with Gasteiger partial charge in [0.05, 0.1) is 0 Å². The second kappa shape index (κ2) is 7.81. The fourth-order valence-electron chi connectivity index (χ4n) is 2.09. The van der Waals surface area contributed by atoms with E-state index in [1.165, 1.54) is 0 Å². The van der Waals surface area contributed by atoms with E-state index in [4.69, 9.17) is 11.6 Å². The summed E-state index contributed by atoms with van der Waals surface area (Å²) in [5.74, 6) is 1.03. The predicted octanol–water partition coefficient (Wildman–Crippen LogP) is 4.47. The Morgan fingerprint density at radius 3 is 2.16 bits per heavy atom. The highest BCUT2D eigenvalue weighted by Crippen LogP contribution is 2.21. The summed E-state index contributed by atoms with van der Waals surface area (Å²) in [5.41, 5.74) is 0. The molecule has 0 radical (unpaired) electrons. The third kappa shape index (κ3) is 5.45. The van der Waals surface area contributed by atoms with Gasteiger partial charge in [0.1, 0.15) is 0 Å². The Balaban J connectivity index is 2.43. The third-order valence-corrected chi connectivity index (χ3v) is 4.06. The van der Waals surface area contributed by atoms with Crippen LogP contribution in [0, 0.1) is 0 Å². The molecule has 0 aliphatic heterocycles. The highest BCUT2D eigenvalue weighted by molar-refractivity contribution is 7.99. The topological polar surface area (TPSA) is 20.3 Å². The molecule has 0 spiro atoms. The molecule has 0 aliphatic carbocycles. The first-order chi connectivity index (χ1) is 8.91. The first-order valence-corrected chi connectivity index (χ1v) is 7.97. The standard InChI is InChI=1S/C15H22ClNOS/c1-11(2)17(12(3)4)15(18)9-10-19-14-7-5-13(16)6-8-14/h5-8,11-12H,9-10H2,1-4H3. The summed E-state index contributed by atoms with van der Waals surface area (Å²) < 4.78 is 0. The molecule has 1 aromatic rings. The molecule has 0 N–H and O–H groups in total. The van der Waals surface area contributed by atoms with E-state index in [2.05, 4.69) is 27.7 Å². The molecule has 0 heterocycles. The summed E-state index contributed by atoms with van der Waals surface area (Å²) >= 11 is 7.53. The SMILES string of the molecule is CC(C)N(C(=O)CCSc1ccc(Cl)cc1)C(C)C. The molecule has 4 heteroatoms. The molecule has 1 rings (SSSR count). The van der Waals surface area contributed by atoms with E-state index in [-0.39, 0.29) is 18.0 Å². The number of rotatable bonds is 6. The highest BCUT2D eigenvalue weighted by Gasteiger charge is 2.19. The van der Waals surface area contributed by atoms with Crippen LogP contribution < -0.4 is 0 Å². The quantitative estimate of drug-likeness (QED) is 0.722. The molecule has 0 aliphatic rings. The third-order valence-electron chi connectivity index (χ3n) is 2.80. The van der Waals surface area contributed by atoms with Gasteiger partial charge in [-0.1, -0.05) is 11.6 Å². The highest BCUT2D eigenvalue weighted by atomic mass is 35.5. The molecule has 1 amide bonds. The zero-order valence-corrected chi connectivity index (χ0v) is 13.6. The molecule has 0 atom stereocenters. The number of amides is 1. The van der Waals surface area contributed by atoms with E-state index in [1.54, 1.807) is 11.8 Å². The Hall–Kier alpha value is -0.670. The Morgan fingerprint density at radius 1 is 1.16 bits per heavy atom. The number of carbonyl (C=O) groups is 1. The zero-order chi connectivity index (χ0) is 14.4. The lowest BCUT2D eigenvalue weighted by atomic mass is 10.2. The minimum absolute atomic E-state index is 0.228. The van der Waals surface area contributed by atoms with Gasteiger partial charge in [0.25, 0.3) is 0 Å². The van der Waals surface area contributed by atoms with Gasteiger partial charge in [-0.2, -0.15) is 0 Å². The van der Waals surface area contributed by atoms with Gasteiger partial charge in [0, 0.05) is 34.2 Å². The van der Waals surface area contributed by atoms with Crippen LogP contribution in [0.3, 0.4) is 0 Å². The van der Waals surface area contributed by atoms with Crippen LogP contribution in [-0.4, -0.2) is 28.6 Å². The number of benzene rings is 1. The van der Waals surface area contributed by atoms with Gasteiger partial charge in [-0.3, -0.25) is 4.79 Å². The van der Waals surface area contributed by atoms with Gasteiger partial charge < -0.3 is 4.90 Å². The summed E-state index contributed by atoms with van der Waals surface area (Å²) in [6, 6.07) is 8.24. The number of carbonyl (C=O) groups excluding carboxylic acids is 1. The van der Waals surface area contributed by atoms with Crippen molar-refractivity contribution in [3.05, 3.63) is 29.3 Å². The Labute approximate surface area is 125 Å². The maximum atomic E-state index is 12.2. The predicted molar refractivity (Wildman–Crippen MR) is 83.9 cm³/mol. The molecule has 2 nitrogen and oxygen atoms in total. The van der Waals surface area contributed by atoms with Gasteiger partial charge >= 0.3 is 0 Å². The lowest BCUT2D eigenvalue weighted by Gasteiger charge is -2.30. The van der Waals surface area contributed by atoms with Crippen LogP contribution >= 0.6 is 23.4 Å². The molecule has 19 heavy (non-hydrogen) atoms. The molecular weight excluding hydrogens is 278 g/mol. The van der Waals surface area contributed by atoms with Crippen LogP contribution in [0.1, 0.15) is 34.1 Å². The van der Waals surface area contributed by atoms with E-state index in [1.807, 2.05) is 29.2 Å². The van der Waals surface area contributed by atoms with Crippen molar-refractivity contribution >= 4 is 29.3 Å². The summed E-state index contributed by atoms with van der Waals surface area (Å²) in [7, 11) is 0. The molecule has 0 unspecified atom stereocenters. The molecule has 0 bridgehead atoms. The number of hydrogen-bond acceptors (Lipinski definition) is 2. The Morgan fingerprint density at radius 2 is 1.68 bits per heavy atom. The molecule has 0 fully saturated rings. The molecule has 1 aromatic carbocycles. The first kappa shape index (κ1) is 16.4. The smallest absolute Gasteiger partial charge is 0.223 e. The summed E-state index contributed by atoms with van der Waals surface area (Å²) in [5, 5.41) is 0.742. The van der Waals surface area contributed by atoms with Crippen LogP contribution in [-0.2, 0) is 4.79 Å². The Kier molecular flexibility index (Phi) is 6.73. The van der Waals surface area contributed by atoms with Crippen molar-refractivity contribution < 1.29 is 4.79 Å². The van der Waals surface area contributed by atoms with Gasteiger partial charge in [-0.05, 0) is 52.0 Å². The monoisotopic (exact) mass is 299 g/mol. The van der Waals surface area contributed by atoms with Gasteiger partial charge in [0.15, 0.2) is 0 Å². The molecule has 0 saturated carbocycles. The first-order valence-electron chi connectivity index (χ1n) is 6.61. The van der Waals surface area contributed by atoms with Crippen molar-refractivity contribution in [3.8, 4) is 0 Å². The molecular formula is C15H22ClNOS. The number of hydrogen-bond donors (Lipinski definition) is 0. The van der Waals surface area contributed by atoms with E-state index in [0.717, 1.165) is 15.7 Å². The van der Waals surface area contributed by atoms with E-state index in [9.17, 15) is 4.79 Å². The summed E-state index contributed by atoms with van der Waals surface area (Å²) in [6.07, 6.45) is 0.573. The number of thioether (sulfide) groups is 1. The van der Waals surface area contributed by atoms with Crippen LogP contribution in [0.2, 0.25) is 5.02 Å². The van der Waals surface area contributed by atoms with Crippen molar-refractivity contribution in [2.24, 2.45) is 0 Å².